The van der Waals surface area contributed by atoms with Gasteiger partial charge in [-0.2, -0.15) is 0 Å². The van der Waals surface area contributed by atoms with Crippen molar-refractivity contribution in [3.05, 3.63) is 0 Å². The average Bonchev–Trinajstić information content (AvgIpc) is 2.27. The molecule has 2 atom stereocenters. The van der Waals surface area contributed by atoms with Crippen LogP contribution in [0.3, 0.4) is 0 Å². The second-order valence-corrected chi connectivity index (χ2v) is 5.48. The molecule has 19 heavy (non-hydrogen) atoms. The first-order chi connectivity index (χ1) is 8.81. The minimum Gasteiger partial charge on any atom is -0.464 e. The van der Waals surface area contributed by atoms with Crippen molar-refractivity contribution < 1.29 is 23.8 Å². The first kappa shape index (κ1) is 15.8. The molecule has 0 aromatic carbocycles. The van der Waals surface area contributed by atoms with E-state index in [1.54, 1.807) is 27.7 Å². The van der Waals surface area contributed by atoms with Crippen molar-refractivity contribution in [3.8, 4) is 0 Å². The molecule has 1 saturated heterocycles. The van der Waals surface area contributed by atoms with E-state index in [9.17, 15) is 9.59 Å². The predicted octanol–water partition coefficient (Wildman–Crippen LogP) is 1.62. The van der Waals surface area contributed by atoms with Gasteiger partial charge in [-0.1, -0.05) is 0 Å². The number of amides is 1. The van der Waals surface area contributed by atoms with Crippen LogP contribution in [0.1, 0.15) is 40.5 Å². The van der Waals surface area contributed by atoms with E-state index < -0.39 is 17.8 Å². The van der Waals surface area contributed by atoms with E-state index in [0.29, 0.717) is 26.1 Å². The van der Waals surface area contributed by atoms with E-state index in [-0.39, 0.29) is 12.0 Å². The molecule has 0 radical (unpaired) electrons. The van der Waals surface area contributed by atoms with Gasteiger partial charge in [0.25, 0.3) is 0 Å². The number of esters is 1. The van der Waals surface area contributed by atoms with E-state index >= 15 is 0 Å². The van der Waals surface area contributed by atoms with Crippen molar-refractivity contribution in [2.45, 2.75) is 58.3 Å². The molecule has 1 aliphatic rings. The molecule has 0 aliphatic carbocycles. The Morgan fingerprint density at radius 1 is 1.37 bits per heavy atom. The van der Waals surface area contributed by atoms with Gasteiger partial charge in [-0.3, -0.25) is 0 Å². The lowest BCUT2D eigenvalue weighted by Crippen LogP contribution is -2.46. The molecule has 6 heteroatoms. The fourth-order valence-electron chi connectivity index (χ4n) is 1.80. The van der Waals surface area contributed by atoms with E-state index in [2.05, 4.69) is 5.32 Å². The van der Waals surface area contributed by atoms with Crippen molar-refractivity contribution in [1.82, 2.24) is 5.32 Å². The van der Waals surface area contributed by atoms with Gasteiger partial charge < -0.3 is 19.5 Å². The van der Waals surface area contributed by atoms with E-state index in [0.717, 1.165) is 0 Å². The van der Waals surface area contributed by atoms with Crippen LogP contribution in [0.15, 0.2) is 0 Å². The van der Waals surface area contributed by atoms with Gasteiger partial charge >= 0.3 is 12.1 Å². The van der Waals surface area contributed by atoms with Gasteiger partial charge in [0.15, 0.2) is 6.10 Å². The number of carbonyl (C=O) groups excluding carboxylic acids is 2. The average molecular weight is 273 g/mol. The Morgan fingerprint density at radius 3 is 2.63 bits per heavy atom. The second kappa shape index (κ2) is 6.75. The standard InChI is InChI=1S/C13H23NO5/c1-5-17-11(15)10-8-9(6-7-18-10)14-12(16)19-13(2,3)4/h9-10H,5-8H2,1-4H3,(H,14,16)/t9-,10-/m0/s1. The van der Waals surface area contributed by atoms with Crippen LogP contribution in [0.2, 0.25) is 0 Å². The Bertz CT molecular complexity index is 323. The van der Waals surface area contributed by atoms with Crippen LogP contribution in [-0.2, 0) is 19.0 Å². The van der Waals surface area contributed by atoms with Gasteiger partial charge in [0.2, 0.25) is 0 Å². The maximum Gasteiger partial charge on any atom is 0.407 e. The number of hydrogen-bond acceptors (Lipinski definition) is 5. The Balaban J connectivity index is 2.42. The first-order valence-electron chi connectivity index (χ1n) is 6.59. The van der Waals surface area contributed by atoms with Gasteiger partial charge in [0, 0.05) is 19.1 Å². The summed E-state index contributed by atoms with van der Waals surface area (Å²) in [6, 6.07) is -0.127. The molecular weight excluding hydrogens is 250 g/mol. The molecule has 0 spiro atoms. The summed E-state index contributed by atoms with van der Waals surface area (Å²) in [5, 5.41) is 2.75. The highest BCUT2D eigenvalue weighted by molar-refractivity contribution is 5.75. The van der Waals surface area contributed by atoms with Crippen LogP contribution >= 0.6 is 0 Å². The second-order valence-electron chi connectivity index (χ2n) is 5.48. The highest BCUT2D eigenvalue weighted by atomic mass is 16.6. The molecule has 0 saturated carbocycles. The summed E-state index contributed by atoms with van der Waals surface area (Å²) in [4.78, 5) is 23.2. The Morgan fingerprint density at radius 2 is 2.05 bits per heavy atom. The summed E-state index contributed by atoms with van der Waals surface area (Å²) < 4.78 is 15.4. The zero-order chi connectivity index (χ0) is 14.5. The van der Waals surface area contributed by atoms with Crippen LogP contribution in [0.25, 0.3) is 0 Å². The summed E-state index contributed by atoms with van der Waals surface area (Å²) in [5.74, 6) is -0.377. The summed E-state index contributed by atoms with van der Waals surface area (Å²) in [7, 11) is 0. The third-order valence-corrected chi connectivity index (χ3v) is 2.55. The van der Waals surface area contributed by atoms with Crippen molar-refractivity contribution in [1.29, 1.82) is 0 Å². The molecule has 0 aromatic heterocycles. The first-order valence-corrected chi connectivity index (χ1v) is 6.59. The van der Waals surface area contributed by atoms with Crippen LogP contribution in [0.5, 0.6) is 0 Å². The molecule has 110 valence electrons. The molecule has 1 heterocycles. The Labute approximate surface area is 113 Å². The predicted molar refractivity (Wildman–Crippen MR) is 68.8 cm³/mol. The number of nitrogens with one attached hydrogen (secondary N) is 1. The molecule has 1 fully saturated rings. The fraction of sp³-hybridized carbons (Fsp3) is 0.846. The van der Waals surface area contributed by atoms with E-state index in [1.807, 2.05) is 0 Å². The highest BCUT2D eigenvalue weighted by Crippen LogP contribution is 2.16. The van der Waals surface area contributed by atoms with Crippen molar-refractivity contribution in [2.24, 2.45) is 0 Å². The van der Waals surface area contributed by atoms with Crippen molar-refractivity contribution >= 4 is 12.1 Å². The molecule has 1 aliphatic heterocycles. The van der Waals surface area contributed by atoms with Gasteiger partial charge in [-0.25, -0.2) is 9.59 Å². The largest absolute Gasteiger partial charge is 0.464 e. The quantitative estimate of drug-likeness (QED) is 0.791. The van der Waals surface area contributed by atoms with E-state index in [1.165, 1.54) is 0 Å². The smallest absolute Gasteiger partial charge is 0.407 e. The van der Waals surface area contributed by atoms with Gasteiger partial charge in [0.1, 0.15) is 5.60 Å². The molecular formula is C13H23NO5. The summed E-state index contributed by atoms with van der Waals surface area (Å²) in [6.07, 6.45) is 0.00313. The number of alkyl carbamates (subject to hydrolysis) is 1. The SMILES string of the molecule is CCOC(=O)[C@@H]1C[C@@H](NC(=O)OC(C)(C)C)CCO1. The lowest BCUT2D eigenvalue weighted by atomic mass is 10.0. The Kier molecular flexibility index (Phi) is 5.60. The van der Waals surface area contributed by atoms with Gasteiger partial charge in [-0.15, -0.1) is 0 Å². The summed E-state index contributed by atoms with van der Waals surface area (Å²) in [5.41, 5.74) is -0.532. The fourth-order valence-corrected chi connectivity index (χ4v) is 1.80. The molecule has 0 bridgehead atoms. The van der Waals surface area contributed by atoms with Crippen LogP contribution in [-0.4, -0.2) is 43.0 Å². The monoisotopic (exact) mass is 273 g/mol. The number of ether oxygens (including phenoxy) is 3. The van der Waals surface area contributed by atoms with Crippen LogP contribution in [0, 0.1) is 0 Å². The highest BCUT2D eigenvalue weighted by Gasteiger charge is 2.30. The van der Waals surface area contributed by atoms with E-state index in [4.69, 9.17) is 14.2 Å². The lowest BCUT2D eigenvalue weighted by Gasteiger charge is -2.29. The number of rotatable bonds is 3. The van der Waals surface area contributed by atoms with Crippen LogP contribution < -0.4 is 5.32 Å². The van der Waals surface area contributed by atoms with Crippen molar-refractivity contribution in [3.63, 3.8) is 0 Å². The third kappa shape index (κ3) is 5.92. The molecule has 6 nitrogen and oxygen atoms in total. The molecule has 0 aromatic rings. The zero-order valence-electron chi connectivity index (χ0n) is 12.0. The van der Waals surface area contributed by atoms with Gasteiger partial charge in [-0.05, 0) is 34.1 Å². The number of hydrogen-bond donors (Lipinski definition) is 1. The Hall–Kier alpha value is -1.30. The molecule has 0 unspecified atom stereocenters. The maximum atomic E-state index is 11.6. The number of carbonyl (C=O) groups is 2. The van der Waals surface area contributed by atoms with Crippen molar-refractivity contribution in [2.75, 3.05) is 13.2 Å². The topological polar surface area (TPSA) is 73.9 Å². The van der Waals surface area contributed by atoms with Crippen LogP contribution in [0.4, 0.5) is 4.79 Å². The molecule has 1 amide bonds. The molecule has 1 N–H and O–H groups in total. The third-order valence-electron chi connectivity index (χ3n) is 2.55. The minimum absolute atomic E-state index is 0.127. The zero-order valence-corrected chi connectivity index (χ0v) is 12.0. The summed E-state index contributed by atoms with van der Waals surface area (Å²) >= 11 is 0. The molecule has 1 rings (SSSR count). The lowest BCUT2D eigenvalue weighted by molar-refractivity contribution is -0.160. The maximum absolute atomic E-state index is 11.6. The van der Waals surface area contributed by atoms with Gasteiger partial charge in [0.05, 0.1) is 6.61 Å². The normalized spacial score (nSPS) is 23.6. The minimum atomic E-state index is -0.603. The summed E-state index contributed by atoms with van der Waals surface area (Å²) in [6.45, 7) is 7.90.